The Morgan fingerprint density at radius 3 is 2.78 bits per heavy atom. The van der Waals surface area contributed by atoms with Crippen molar-refractivity contribution in [1.82, 2.24) is 9.97 Å². The fourth-order valence-corrected chi connectivity index (χ4v) is 1.67. The number of carboxylic acid groups (broad SMARTS) is 1. The Morgan fingerprint density at radius 2 is 2.11 bits per heavy atom. The SMILES string of the molecule is O=C(O)c1nc(OC2COC2)c2ccccc2n1. The van der Waals surface area contributed by atoms with E-state index < -0.39 is 5.97 Å². The number of aromatic nitrogens is 2. The van der Waals surface area contributed by atoms with E-state index in [0.717, 1.165) is 0 Å². The first-order chi connectivity index (χ1) is 8.74. The van der Waals surface area contributed by atoms with E-state index in [0.29, 0.717) is 30.0 Å². The van der Waals surface area contributed by atoms with Crippen molar-refractivity contribution < 1.29 is 19.4 Å². The van der Waals surface area contributed by atoms with E-state index in [1.54, 1.807) is 18.2 Å². The van der Waals surface area contributed by atoms with Crippen molar-refractivity contribution in [3.63, 3.8) is 0 Å². The molecule has 0 radical (unpaired) electrons. The van der Waals surface area contributed by atoms with Crippen molar-refractivity contribution in [3.05, 3.63) is 30.1 Å². The first kappa shape index (κ1) is 10.9. The third kappa shape index (κ3) is 1.86. The maximum Gasteiger partial charge on any atom is 0.374 e. The van der Waals surface area contributed by atoms with Gasteiger partial charge in [-0.05, 0) is 12.1 Å². The van der Waals surface area contributed by atoms with Gasteiger partial charge in [-0.2, -0.15) is 4.98 Å². The molecule has 1 aromatic carbocycles. The number of rotatable bonds is 3. The molecule has 2 aromatic rings. The van der Waals surface area contributed by atoms with Gasteiger partial charge in [0.15, 0.2) is 0 Å². The molecule has 0 aliphatic carbocycles. The quantitative estimate of drug-likeness (QED) is 0.873. The van der Waals surface area contributed by atoms with Gasteiger partial charge in [0, 0.05) is 0 Å². The van der Waals surface area contributed by atoms with Gasteiger partial charge in [0.2, 0.25) is 11.7 Å². The van der Waals surface area contributed by atoms with Crippen LogP contribution in [0.3, 0.4) is 0 Å². The largest absolute Gasteiger partial charge is 0.475 e. The third-order valence-corrected chi connectivity index (χ3v) is 2.65. The van der Waals surface area contributed by atoms with Crippen LogP contribution in [-0.4, -0.2) is 40.4 Å². The number of hydrogen-bond donors (Lipinski definition) is 1. The standard InChI is InChI=1S/C12H10N2O4/c15-12(16)10-13-9-4-2-1-3-8(9)11(14-10)18-7-5-17-6-7/h1-4,7H,5-6H2,(H,15,16). The van der Waals surface area contributed by atoms with Crippen molar-refractivity contribution >= 4 is 16.9 Å². The highest BCUT2D eigenvalue weighted by atomic mass is 16.6. The topological polar surface area (TPSA) is 81.5 Å². The summed E-state index contributed by atoms with van der Waals surface area (Å²) in [6.45, 7) is 1.00. The first-order valence-corrected chi connectivity index (χ1v) is 5.48. The number of fused-ring (bicyclic) bond motifs is 1. The van der Waals surface area contributed by atoms with E-state index in [-0.39, 0.29) is 11.9 Å². The molecule has 0 unspecified atom stereocenters. The van der Waals surface area contributed by atoms with Gasteiger partial charge in [-0.15, -0.1) is 0 Å². The van der Waals surface area contributed by atoms with Gasteiger partial charge in [0.05, 0.1) is 24.1 Å². The highest BCUT2D eigenvalue weighted by Gasteiger charge is 2.23. The second-order valence-corrected chi connectivity index (χ2v) is 3.95. The van der Waals surface area contributed by atoms with Gasteiger partial charge >= 0.3 is 5.97 Å². The summed E-state index contributed by atoms with van der Waals surface area (Å²) < 4.78 is 10.6. The summed E-state index contributed by atoms with van der Waals surface area (Å²) in [7, 11) is 0. The Kier molecular flexibility index (Phi) is 2.56. The molecule has 6 heteroatoms. The Labute approximate surface area is 102 Å². The molecule has 1 fully saturated rings. The predicted molar refractivity (Wildman–Crippen MR) is 61.7 cm³/mol. The lowest BCUT2D eigenvalue weighted by Gasteiger charge is -2.26. The van der Waals surface area contributed by atoms with Crippen LogP contribution in [0.2, 0.25) is 0 Å². The van der Waals surface area contributed by atoms with Crippen LogP contribution < -0.4 is 4.74 Å². The second-order valence-electron chi connectivity index (χ2n) is 3.95. The van der Waals surface area contributed by atoms with Crippen LogP contribution in [0, 0.1) is 0 Å². The molecule has 18 heavy (non-hydrogen) atoms. The molecule has 2 heterocycles. The number of para-hydroxylation sites is 1. The first-order valence-electron chi connectivity index (χ1n) is 5.48. The minimum Gasteiger partial charge on any atom is -0.475 e. The number of aromatic carboxylic acids is 1. The zero-order valence-electron chi connectivity index (χ0n) is 9.37. The van der Waals surface area contributed by atoms with E-state index in [1.165, 1.54) is 0 Å². The molecule has 0 saturated carbocycles. The van der Waals surface area contributed by atoms with Crippen LogP contribution in [0.15, 0.2) is 24.3 Å². The molecule has 0 spiro atoms. The summed E-state index contributed by atoms with van der Waals surface area (Å²) in [6, 6.07) is 7.15. The van der Waals surface area contributed by atoms with E-state index in [9.17, 15) is 4.79 Å². The van der Waals surface area contributed by atoms with Crippen molar-refractivity contribution in [1.29, 1.82) is 0 Å². The normalized spacial score (nSPS) is 15.3. The highest BCUT2D eigenvalue weighted by Crippen LogP contribution is 2.24. The summed E-state index contributed by atoms with van der Waals surface area (Å²) in [4.78, 5) is 18.9. The maximum absolute atomic E-state index is 11.0. The summed E-state index contributed by atoms with van der Waals surface area (Å²) in [6.07, 6.45) is -0.0649. The third-order valence-electron chi connectivity index (χ3n) is 2.65. The fraction of sp³-hybridized carbons (Fsp3) is 0.250. The van der Waals surface area contributed by atoms with E-state index in [2.05, 4.69) is 9.97 Å². The van der Waals surface area contributed by atoms with Crippen molar-refractivity contribution in [2.75, 3.05) is 13.2 Å². The maximum atomic E-state index is 11.0. The van der Waals surface area contributed by atoms with Gasteiger partial charge in [0.25, 0.3) is 0 Å². The van der Waals surface area contributed by atoms with E-state index >= 15 is 0 Å². The van der Waals surface area contributed by atoms with Crippen LogP contribution in [0.25, 0.3) is 10.9 Å². The molecule has 0 bridgehead atoms. The van der Waals surface area contributed by atoms with Gasteiger partial charge in [-0.1, -0.05) is 12.1 Å². The second kappa shape index (κ2) is 4.23. The average molecular weight is 246 g/mol. The number of hydrogen-bond acceptors (Lipinski definition) is 5. The molecule has 3 rings (SSSR count). The van der Waals surface area contributed by atoms with E-state index in [1.807, 2.05) is 6.07 Å². The Bertz CT molecular complexity index is 610. The molecule has 1 aromatic heterocycles. The van der Waals surface area contributed by atoms with Gasteiger partial charge in [-0.25, -0.2) is 9.78 Å². The highest BCUT2D eigenvalue weighted by molar-refractivity contribution is 5.89. The van der Waals surface area contributed by atoms with Crippen molar-refractivity contribution in [3.8, 4) is 5.88 Å². The summed E-state index contributed by atoms with van der Waals surface area (Å²) in [5.74, 6) is -1.13. The number of benzene rings is 1. The van der Waals surface area contributed by atoms with Gasteiger partial charge in [-0.3, -0.25) is 0 Å². The molecule has 6 nitrogen and oxygen atoms in total. The summed E-state index contributed by atoms with van der Waals surface area (Å²) in [5.41, 5.74) is 0.556. The number of ether oxygens (including phenoxy) is 2. The van der Waals surface area contributed by atoms with Crippen molar-refractivity contribution in [2.45, 2.75) is 6.10 Å². The number of carboxylic acids is 1. The monoisotopic (exact) mass is 246 g/mol. The van der Waals surface area contributed by atoms with Crippen molar-refractivity contribution in [2.24, 2.45) is 0 Å². The van der Waals surface area contributed by atoms with Crippen LogP contribution >= 0.6 is 0 Å². The number of carbonyl (C=O) groups is 1. The minimum atomic E-state index is -1.17. The molecular formula is C12H10N2O4. The van der Waals surface area contributed by atoms with Crippen LogP contribution in [0.4, 0.5) is 0 Å². The lowest BCUT2D eigenvalue weighted by Crippen LogP contribution is -2.38. The molecule has 1 N–H and O–H groups in total. The summed E-state index contributed by atoms with van der Waals surface area (Å²) >= 11 is 0. The fourth-order valence-electron chi connectivity index (χ4n) is 1.67. The van der Waals surface area contributed by atoms with Crippen LogP contribution in [0.1, 0.15) is 10.6 Å². The molecular weight excluding hydrogens is 236 g/mol. The minimum absolute atomic E-state index is 0.0649. The molecule has 0 amide bonds. The lowest BCUT2D eigenvalue weighted by molar-refractivity contribution is -0.0807. The Hall–Kier alpha value is -2.21. The van der Waals surface area contributed by atoms with Gasteiger partial charge in [0.1, 0.15) is 6.10 Å². The zero-order valence-corrected chi connectivity index (χ0v) is 9.37. The predicted octanol–water partition coefficient (Wildman–Crippen LogP) is 1.11. The summed E-state index contributed by atoms with van der Waals surface area (Å²) in [5, 5.41) is 9.67. The molecule has 0 atom stereocenters. The molecule has 92 valence electrons. The van der Waals surface area contributed by atoms with Crippen LogP contribution in [0.5, 0.6) is 5.88 Å². The Morgan fingerprint density at radius 1 is 1.33 bits per heavy atom. The smallest absolute Gasteiger partial charge is 0.374 e. The lowest BCUT2D eigenvalue weighted by atomic mass is 10.2. The van der Waals surface area contributed by atoms with E-state index in [4.69, 9.17) is 14.6 Å². The average Bonchev–Trinajstić information content (AvgIpc) is 2.33. The molecule has 1 aliphatic rings. The Balaban J connectivity index is 2.10. The number of nitrogens with zero attached hydrogens (tertiary/aromatic N) is 2. The van der Waals surface area contributed by atoms with Crippen LogP contribution in [-0.2, 0) is 4.74 Å². The molecule has 1 saturated heterocycles. The zero-order chi connectivity index (χ0) is 12.5. The molecule has 1 aliphatic heterocycles. The van der Waals surface area contributed by atoms with Gasteiger partial charge < -0.3 is 14.6 Å².